The van der Waals surface area contributed by atoms with Crippen LogP contribution >= 0.6 is 11.3 Å². The van der Waals surface area contributed by atoms with Crippen LogP contribution in [0.2, 0.25) is 0 Å². The van der Waals surface area contributed by atoms with Gasteiger partial charge in [-0.25, -0.2) is 9.97 Å². The van der Waals surface area contributed by atoms with Gasteiger partial charge in [0.15, 0.2) is 0 Å². The van der Waals surface area contributed by atoms with E-state index in [1.807, 2.05) is 12.1 Å². The minimum Gasteiger partial charge on any atom is -0.399 e. The summed E-state index contributed by atoms with van der Waals surface area (Å²) < 4.78 is 0. The quantitative estimate of drug-likeness (QED) is 0.738. The minimum atomic E-state index is 0.842. The molecule has 5 heteroatoms. The molecule has 0 saturated carbocycles. The summed E-state index contributed by atoms with van der Waals surface area (Å²) in [5.41, 5.74) is 10.4. The van der Waals surface area contributed by atoms with Gasteiger partial charge >= 0.3 is 0 Å². The zero-order valence-corrected chi connectivity index (χ0v) is 12.9. The highest BCUT2D eigenvalue weighted by atomic mass is 32.1. The van der Waals surface area contributed by atoms with Crippen LogP contribution in [0.3, 0.4) is 0 Å². The molecule has 110 valence electrons. The van der Waals surface area contributed by atoms with Crippen LogP contribution in [-0.2, 0) is 13.0 Å². The van der Waals surface area contributed by atoms with Crippen molar-refractivity contribution in [1.29, 1.82) is 0 Å². The fourth-order valence-electron chi connectivity index (χ4n) is 2.85. The predicted molar refractivity (Wildman–Crippen MR) is 91.0 cm³/mol. The summed E-state index contributed by atoms with van der Waals surface area (Å²) in [7, 11) is 0. The normalized spacial score (nSPS) is 13.9. The van der Waals surface area contributed by atoms with Crippen LogP contribution in [0.15, 0.2) is 48.1 Å². The number of hydrogen-bond acceptors (Lipinski definition) is 5. The topological polar surface area (TPSA) is 55.0 Å². The van der Waals surface area contributed by atoms with Gasteiger partial charge in [0.2, 0.25) is 0 Å². The Labute approximate surface area is 133 Å². The van der Waals surface area contributed by atoms with Gasteiger partial charge in [-0.05, 0) is 41.1 Å². The maximum atomic E-state index is 5.87. The van der Waals surface area contributed by atoms with E-state index in [9.17, 15) is 0 Å². The van der Waals surface area contributed by atoms with E-state index in [0.717, 1.165) is 36.7 Å². The first kappa shape index (κ1) is 13.3. The second-order valence-corrected chi connectivity index (χ2v) is 6.39. The van der Waals surface area contributed by atoms with Crippen molar-refractivity contribution in [3.05, 3.63) is 59.2 Å². The van der Waals surface area contributed by atoms with E-state index in [1.54, 1.807) is 17.7 Å². The number of rotatable bonds is 2. The van der Waals surface area contributed by atoms with Crippen LogP contribution < -0.4 is 10.6 Å². The zero-order valence-electron chi connectivity index (χ0n) is 12.1. The number of hydrogen-bond donors (Lipinski definition) is 1. The van der Waals surface area contributed by atoms with Crippen molar-refractivity contribution in [3.8, 4) is 10.6 Å². The van der Waals surface area contributed by atoms with Gasteiger partial charge in [-0.3, -0.25) is 0 Å². The van der Waals surface area contributed by atoms with Crippen LogP contribution in [0.1, 0.15) is 11.1 Å². The van der Waals surface area contributed by atoms with Gasteiger partial charge in [0.1, 0.15) is 12.1 Å². The Morgan fingerprint density at radius 3 is 2.91 bits per heavy atom. The molecule has 0 spiro atoms. The van der Waals surface area contributed by atoms with Crippen LogP contribution in [0.4, 0.5) is 11.5 Å². The van der Waals surface area contributed by atoms with Gasteiger partial charge in [-0.15, -0.1) is 11.3 Å². The number of nitrogens with two attached hydrogens (primary N) is 1. The summed E-state index contributed by atoms with van der Waals surface area (Å²) in [5.74, 6) is 0.987. The fourth-order valence-corrected chi connectivity index (χ4v) is 3.54. The van der Waals surface area contributed by atoms with Gasteiger partial charge in [0, 0.05) is 24.8 Å². The third-order valence-electron chi connectivity index (χ3n) is 3.99. The minimum absolute atomic E-state index is 0.842. The second kappa shape index (κ2) is 5.42. The van der Waals surface area contributed by atoms with Crippen LogP contribution in [0, 0.1) is 0 Å². The summed E-state index contributed by atoms with van der Waals surface area (Å²) in [6.07, 6.45) is 2.65. The number of benzene rings is 1. The molecule has 3 aromatic rings. The van der Waals surface area contributed by atoms with Crippen molar-refractivity contribution < 1.29 is 0 Å². The molecule has 0 atom stereocenters. The molecule has 0 bridgehead atoms. The van der Waals surface area contributed by atoms with E-state index in [4.69, 9.17) is 5.73 Å². The maximum absolute atomic E-state index is 5.87. The van der Waals surface area contributed by atoms with Crippen LogP contribution in [0.25, 0.3) is 10.6 Å². The van der Waals surface area contributed by atoms with E-state index in [-0.39, 0.29) is 0 Å². The van der Waals surface area contributed by atoms with Crippen molar-refractivity contribution in [2.75, 3.05) is 17.2 Å². The van der Waals surface area contributed by atoms with Crippen molar-refractivity contribution >= 4 is 22.8 Å². The number of anilines is 2. The largest absolute Gasteiger partial charge is 0.399 e. The highest BCUT2D eigenvalue weighted by Crippen LogP contribution is 2.28. The number of fused-ring (bicyclic) bond motifs is 1. The molecular formula is C17H16N4S. The predicted octanol–water partition coefficient (Wildman–Crippen LogP) is 3.35. The maximum Gasteiger partial charge on any atom is 0.132 e. The summed E-state index contributed by atoms with van der Waals surface area (Å²) in [6.45, 7) is 1.83. The summed E-state index contributed by atoms with van der Waals surface area (Å²) in [6, 6.07) is 12.4. The van der Waals surface area contributed by atoms with Crippen LogP contribution in [0.5, 0.6) is 0 Å². The second-order valence-electron chi connectivity index (χ2n) is 5.44. The van der Waals surface area contributed by atoms with Crippen molar-refractivity contribution in [3.63, 3.8) is 0 Å². The van der Waals surface area contributed by atoms with Crippen molar-refractivity contribution in [2.24, 2.45) is 0 Å². The zero-order chi connectivity index (χ0) is 14.9. The third kappa shape index (κ3) is 2.44. The molecule has 0 aliphatic carbocycles. The standard InChI is InChI=1S/C17H16N4S/c18-14-4-3-13-10-21(6-5-12(13)8-14)17-9-15(19-11-20-17)16-2-1-7-22-16/h1-4,7-9,11H,5-6,10,18H2. The molecule has 1 aliphatic rings. The lowest BCUT2D eigenvalue weighted by atomic mass is 9.99. The monoisotopic (exact) mass is 308 g/mol. The Morgan fingerprint density at radius 2 is 2.05 bits per heavy atom. The van der Waals surface area contributed by atoms with Gasteiger partial charge in [0.05, 0.1) is 10.6 Å². The Hall–Kier alpha value is -2.40. The smallest absolute Gasteiger partial charge is 0.132 e. The van der Waals surface area contributed by atoms with Crippen molar-refractivity contribution in [1.82, 2.24) is 9.97 Å². The molecule has 0 unspecified atom stereocenters. The average molecular weight is 308 g/mol. The van der Waals surface area contributed by atoms with E-state index < -0.39 is 0 Å². The van der Waals surface area contributed by atoms with E-state index >= 15 is 0 Å². The van der Waals surface area contributed by atoms with Gasteiger partial charge in [0.25, 0.3) is 0 Å². The number of aromatic nitrogens is 2. The summed E-state index contributed by atoms with van der Waals surface area (Å²) in [5, 5.41) is 2.07. The molecule has 0 radical (unpaired) electrons. The Morgan fingerprint density at radius 1 is 1.09 bits per heavy atom. The third-order valence-corrected chi connectivity index (χ3v) is 4.89. The molecule has 0 amide bonds. The molecular weight excluding hydrogens is 292 g/mol. The fraction of sp³-hybridized carbons (Fsp3) is 0.176. The number of nitrogen functional groups attached to an aromatic ring is 1. The Balaban J connectivity index is 1.63. The average Bonchev–Trinajstić information content (AvgIpc) is 3.09. The molecule has 2 aromatic heterocycles. The molecule has 22 heavy (non-hydrogen) atoms. The highest BCUT2D eigenvalue weighted by molar-refractivity contribution is 7.13. The lowest BCUT2D eigenvalue weighted by Crippen LogP contribution is -2.31. The summed E-state index contributed by atoms with van der Waals surface area (Å²) >= 11 is 1.70. The molecule has 0 saturated heterocycles. The number of nitrogens with zero attached hydrogens (tertiary/aromatic N) is 3. The lowest BCUT2D eigenvalue weighted by Gasteiger charge is -2.30. The van der Waals surface area contributed by atoms with E-state index in [1.165, 1.54) is 16.0 Å². The lowest BCUT2D eigenvalue weighted by molar-refractivity contribution is 0.720. The molecule has 4 nitrogen and oxygen atoms in total. The molecule has 4 rings (SSSR count). The van der Waals surface area contributed by atoms with Crippen LogP contribution in [-0.4, -0.2) is 16.5 Å². The Kier molecular flexibility index (Phi) is 3.27. The van der Waals surface area contributed by atoms with Gasteiger partial charge in [-0.1, -0.05) is 12.1 Å². The SMILES string of the molecule is Nc1ccc2c(c1)CCN(c1cc(-c3cccs3)ncn1)C2. The molecule has 2 N–H and O–H groups in total. The summed E-state index contributed by atoms with van der Waals surface area (Å²) in [4.78, 5) is 12.3. The molecule has 3 heterocycles. The highest BCUT2D eigenvalue weighted by Gasteiger charge is 2.18. The van der Waals surface area contributed by atoms with E-state index in [0.29, 0.717) is 0 Å². The Bertz CT molecular complexity index is 798. The van der Waals surface area contributed by atoms with Crippen molar-refractivity contribution in [2.45, 2.75) is 13.0 Å². The number of thiophene rings is 1. The molecule has 0 fully saturated rings. The van der Waals surface area contributed by atoms with Gasteiger partial charge in [-0.2, -0.15) is 0 Å². The first-order valence-electron chi connectivity index (χ1n) is 7.28. The van der Waals surface area contributed by atoms with Gasteiger partial charge < -0.3 is 10.6 Å². The molecule has 1 aromatic carbocycles. The molecule has 1 aliphatic heterocycles. The van der Waals surface area contributed by atoms with E-state index in [2.05, 4.69) is 44.5 Å². The first-order chi connectivity index (χ1) is 10.8. The first-order valence-corrected chi connectivity index (χ1v) is 8.16.